The number of aromatic nitrogens is 1. The maximum absolute atomic E-state index is 5.89. The first kappa shape index (κ1) is 18.8. The van der Waals surface area contributed by atoms with Crippen LogP contribution in [0.15, 0.2) is 47.6 Å². The molecule has 0 bridgehead atoms. The van der Waals surface area contributed by atoms with Crippen molar-refractivity contribution in [2.45, 2.75) is 24.3 Å². The van der Waals surface area contributed by atoms with Crippen LogP contribution in [-0.4, -0.2) is 60.3 Å². The molecule has 3 atom stereocenters. The van der Waals surface area contributed by atoms with E-state index in [-0.39, 0.29) is 12.1 Å². The number of pyridine rings is 1. The highest BCUT2D eigenvalue weighted by Gasteiger charge is 2.44. The Balaban J connectivity index is 1.53. The molecule has 5 rings (SSSR count). The lowest BCUT2D eigenvalue weighted by molar-refractivity contribution is 0.122. The lowest BCUT2D eigenvalue weighted by Gasteiger charge is -2.31. The molecular formula is C22H26N4O2S. The summed E-state index contributed by atoms with van der Waals surface area (Å²) in [5.74, 6) is 0.918. The summed E-state index contributed by atoms with van der Waals surface area (Å²) >= 11 is 1.86. The van der Waals surface area contributed by atoms with E-state index in [2.05, 4.69) is 46.0 Å². The minimum atomic E-state index is -0.0191. The highest BCUT2D eigenvalue weighted by Crippen LogP contribution is 2.49. The molecule has 0 amide bonds. The second-order valence-corrected chi connectivity index (χ2v) is 9.07. The molecule has 1 aromatic carbocycles. The van der Waals surface area contributed by atoms with E-state index in [0.717, 1.165) is 49.5 Å². The van der Waals surface area contributed by atoms with Gasteiger partial charge in [0.1, 0.15) is 11.8 Å². The van der Waals surface area contributed by atoms with Crippen LogP contribution in [0.2, 0.25) is 0 Å². The summed E-state index contributed by atoms with van der Waals surface area (Å²) in [4.78, 5) is 14.5. The molecule has 0 unspecified atom stereocenters. The van der Waals surface area contributed by atoms with E-state index >= 15 is 0 Å². The first-order valence-corrected chi connectivity index (χ1v) is 11.0. The Hall–Kier alpha value is -2.25. The van der Waals surface area contributed by atoms with Gasteiger partial charge in [0.25, 0.3) is 0 Å². The van der Waals surface area contributed by atoms with Crippen molar-refractivity contribution in [3.8, 4) is 5.75 Å². The van der Waals surface area contributed by atoms with Crippen LogP contribution in [0.3, 0.4) is 0 Å². The molecule has 7 heteroatoms. The molecular weight excluding hydrogens is 384 g/mol. The van der Waals surface area contributed by atoms with Gasteiger partial charge in [0, 0.05) is 48.4 Å². The van der Waals surface area contributed by atoms with Crippen LogP contribution in [0.25, 0.3) is 0 Å². The summed E-state index contributed by atoms with van der Waals surface area (Å²) in [5, 5.41) is 1.66. The lowest BCUT2D eigenvalue weighted by Crippen LogP contribution is -2.36. The van der Waals surface area contributed by atoms with Gasteiger partial charge < -0.3 is 19.3 Å². The van der Waals surface area contributed by atoms with Gasteiger partial charge in [0.15, 0.2) is 5.17 Å². The highest BCUT2D eigenvalue weighted by molar-refractivity contribution is 8.14. The number of fused-ring (bicyclic) bond motifs is 1. The molecule has 0 N–H and O–H groups in total. The van der Waals surface area contributed by atoms with E-state index in [1.54, 1.807) is 7.11 Å². The number of nitrogens with zero attached hydrogens (tertiary/aromatic N) is 4. The standard InChI is InChI=1S/C22H26N4O2S/c1-15-14-26-21(20(24-22(26)29-15)18-5-3-4-8-23-18)17-7-6-16(13-19(17)27-2)25-9-11-28-12-10-25/h3-8,13,15,20-21H,9-12,14H2,1-2H3/t15-,20+,21-/m1/s1. The molecule has 1 aromatic heterocycles. The maximum atomic E-state index is 5.89. The zero-order valence-electron chi connectivity index (χ0n) is 16.8. The second-order valence-electron chi connectivity index (χ2n) is 7.66. The van der Waals surface area contributed by atoms with Crippen molar-refractivity contribution in [3.63, 3.8) is 0 Å². The Morgan fingerprint density at radius 2 is 2.03 bits per heavy atom. The number of aliphatic imine (C=N–C) groups is 1. The molecule has 2 fully saturated rings. The van der Waals surface area contributed by atoms with Crippen molar-refractivity contribution in [1.29, 1.82) is 0 Å². The number of hydrogen-bond acceptors (Lipinski definition) is 7. The van der Waals surface area contributed by atoms with Crippen LogP contribution in [-0.2, 0) is 4.74 Å². The van der Waals surface area contributed by atoms with Gasteiger partial charge >= 0.3 is 0 Å². The van der Waals surface area contributed by atoms with Crippen LogP contribution in [0, 0.1) is 0 Å². The normalized spacial score (nSPS) is 26.4. The molecule has 0 radical (unpaired) electrons. The fraction of sp³-hybridized carbons (Fsp3) is 0.455. The first-order valence-electron chi connectivity index (χ1n) is 10.2. The van der Waals surface area contributed by atoms with Crippen molar-refractivity contribution < 1.29 is 9.47 Å². The average Bonchev–Trinajstić information content (AvgIpc) is 3.30. The van der Waals surface area contributed by atoms with Crippen LogP contribution >= 0.6 is 11.8 Å². The van der Waals surface area contributed by atoms with Crippen LogP contribution < -0.4 is 9.64 Å². The lowest BCUT2D eigenvalue weighted by atomic mass is 9.95. The van der Waals surface area contributed by atoms with E-state index < -0.39 is 0 Å². The Labute approximate surface area is 175 Å². The number of hydrogen-bond donors (Lipinski definition) is 0. The molecule has 0 aliphatic carbocycles. The van der Waals surface area contributed by atoms with E-state index in [4.69, 9.17) is 14.5 Å². The fourth-order valence-corrected chi connectivity index (χ4v) is 5.51. The summed E-state index contributed by atoms with van der Waals surface area (Å²) in [6.45, 7) is 6.62. The number of amidine groups is 1. The van der Waals surface area contributed by atoms with E-state index in [1.165, 1.54) is 11.3 Å². The Kier molecular flexibility index (Phi) is 5.09. The quantitative estimate of drug-likeness (QED) is 0.769. The molecule has 6 nitrogen and oxygen atoms in total. The third-order valence-corrected chi connectivity index (χ3v) is 6.90. The van der Waals surface area contributed by atoms with Gasteiger partial charge in [-0.15, -0.1) is 0 Å². The largest absolute Gasteiger partial charge is 0.496 e. The molecule has 3 aliphatic rings. The van der Waals surface area contributed by atoms with Crippen LogP contribution in [0.4, 0.5) is 5.69 Å². The van der Waals surface area contributed by atoms with Gasteiger partial charge in [0.2, 0.25) is 0 Å². The predicted octanol–water partition coefficient (Wildman–Crippen LogP) is 3.52. The minimum Gasteiger partial charge on any atom is -0.496 e. The number of anilines is 1. The van der Waals surface area contributed by atoms with E-state index in [1.807, 2.05) is 30.1 Å². The SMILES string of the molecule is COc1cc(N2CCOCC2)ccc1[C@@H]1[C@H](c2ccccn2)N=C2S[C@H](C)CN21. The number of morpholine rings is 1. The van der Waals surface area contributed by atoms with Crippen LogP contribution in [0.1, 0.15) is 30.3 Å². The molecule has 2 saturated heterocycles. The molecule has 3 aliphatic heterocycles. The third-order valence-electron chi connectivity index (χ3n) is 5.79. The molecule has 4 heterocycles. The Morgan fingerprint density at radius 1 is 1.17 bits per heavy atom. The smallest absolute Gasteiger partial charge is 0.160 e. The van der Waals surface area contributed by atoms with Crippen LogP contribution in [0.5, 0.6) is 5.75 Å². The summed E-state index contributed by atoms with van der Waals surface area (Å²) in [5.41, 5.74) is 3.37. The number of thioether (sulfide) groups is 1. The average molecular weight is 411 g/mol. The molecule has 0 spiro atoms. The van der Waals surface area contributed by atoms with Gasteiger partial charge in [-0.1, -0.05) is 30.8 Å². The predicted molar refractivity (Wildman–Crippen MR) is 117 cm³/mol. The van der Waals surface area contributed by atoms with Crippen molar-refractivity contribution in [2.75, 3.05) is 44.9 Å². The zero-order chi connectivity index (χ0) is 19.8. The fourth-order valence-electron chi connectivity index (χ4n) is 4.42. The first-order chi connectivity index (χ1) is 14.2. The van der Waals surface area contributed by atoms with E-state index in [0.29, 0.717) is 5.25 Å². The van der Waals surface area contributed by atoms with Crippen molar-refractivity contribution >= 4 is 22.6 Å². The van der Waals surface area contributed by atoms with Crippen molar-refractivity contribution in [2.24, 2.45) is 4.99 Å². The van der Waals surface area contributed by atoms with E-state index in [9.17, 15) is 0 Å². The van der Waals surface area contributed by atoms with Crippen molar-refractivity contribution in [3.05, 3.63) is 53.9 Å². The number of rotatable bonds is 4. The Morgan fingerprint density at radius 3 is 2.79 bits per heavy atom. The second kappa shape index (κ2) is 7.88. The Bertz CT molecular complexity index is 901. The highest BCUT2D eigenvalue weighted by atomic mass is 32.2. The summed E-state index contributed by atoms with van der Waals surface area (Å²) < 4.78 is 11.4. The zero-order valence-corrected chi connectivity index (χ0v) is 17.6. The van der Waals surface area contributed by atoms with Gasteiger partial charge in [-0.2, -0.15) is 0 Å². The molecule has 0 saturated carbocycles. The minimum absolute atomic E-state index is 0.0191. The summed E-state index contributed by atoms with van der Waals surface area (Å²) in [6, 6.07) is 12.8. The maximum Gasteiger partial charge on any atom is 0.160 e. The van der Waals surface area contributed by atoms with Gasteiger partial charge in [-0.3, -0.25) is 9.98 Å². The van der Waals surface area contributed by atoms with Crippen molar-refractivity contribution in [1.82, 2.24) is 9.88 Å². The monoisotopic (exact) mass is 410 g/mol. The van der Waals surface area contributed by atoms with Gasteiger partial charge in [-0.25, -0.2) is 0 Å². The number of methoxy groups -OCH3 is 1. The van der Waals surface area contributed by atoms with Gasteiger partial charge in [0.05, 0.1) is 32.1 Å². The summed E-state index contributed by atoms with van der Waals surface area (Å²) in [7, 11) is 1.76. The number of ether oxygens (including phenoxy) is 2. The molecule has 2 aromatic rings. The summed E-state index contributed by atoms with van der Waals surface area (Å²) in [6.07, 6.45) is 1.85. The number of benzene rings is 1. The molecule has 29 heavy (non-hydrogen) atoms. The molecule has 152 valence electrons. The third kappa shape index (κ3) is 3.46. The topological polar surface area (TPSA) is 50.2 Å². The van der Waals surface area contributed by atoms with Gasteiger partial charge in [-0.05, 0) is 18.2 Å².